The predicted octanol–water partition coefficient (Wildman–Crippen LogP) is 0.973. The molecule has 0 amide bonds. The normalized spacial score (nSPS) is 22.7. The van der Waals surface area contributed by atoms with E-state index >= 15 is 0 Å². The van der Waals surface area contributed by atoms with Crippen LogP contribution in [0.3, 0.4) is 0 Å². The number of nitrogens with zero attached hydrogens (tertiary/aromatic N) is 1. The molecule has 1 aliphatic rings. The molecule has 0 radical (unpaired) electrons. The fraction of sp³-hybridized carbons (Fsp3) is 0.444. The summed E-state index contributed by atoms with van der Waals surface area (Å²) in [4.78, 5) is 4.10. The number of halogens is 1. The first-order valence-corrected chi connectivity index (χ1v) is 5.61. The predicted molar refractivity (Wildman–Crippen MR) is 59.2 cm³/mol. The Kier molecular flexibility index (Phi) is 4.51. The molecule has 0 aromatic carbocycles. The van der Waals surface area contributed by atoms with Crippen LogP contribution in [0.15, 0.2) is 29.4 Å². The smallest absolute Gasteiger partial charge is 0.127 e. The highest BCUT2D eigenvalue weighted by Crippen LogP contribution is 2.13. The summed E-state index contributed by atoms with van der Waals surface area (Å²) in [7, 11) is -0.932. The van der Waals surface area contributed by atoms with Crippen LogP contribution in [0.25, 0.3) is 0 Å². The van der Waals surface area contributed by atoms with Crippen molar-refractivity contribution in [2.75, 3.05) is 13.1 Å². The van der Waals surface area contributed by atoms with Gasteiger partial charge < -0.3 is 5.32 Å². The molecular weight excluding hydrogens is 220 g/mol. The largest absolute Gasteiger partial charge is 0.315 e. The molecule has 0 bridgehead atoms. The average molecular weight is 233 g/mol. The van der Waals surface area contributed by atoms with E-state index < -0.39 is 10.8 Å². The third kappa shape index (κ3) is 2.53. The molecule has 0 saturated carbocycles. The molecule has 2 rings (SSSR count). The molecule has 0 spiro atoms. The van der Waals surface area contributed by atoms with Gasteiger partial charge in [0.1, 0.15) is 5.03 Å². The molecule has 2 heterocycles. The van der Waals surface area contributed by atoms with Crippen molar-refractivity contribution in [1.82, 2.24) is 10.3 Å². The van der Waals surface area contributed by atoms with Gasteiger partial charge in [-0.2, -0.15) is 0 Å². The van der Waals surface area contributed by atoms with Crippen LogP contribution in [-0.2, 0) is 10.8 Å². The first-order chi connectivity index (χ1) is 6.38. The minimum atomic E-state index is -0.932. The van der Waals surface area contributed by atoms with Crippen LogP contribution < -0.4 is 5.32 Å². The molecule has 78 valence electrons. The molecule has 1 aromatic rings. The quantitative estimate of drug-likeness (QED) is 0.827. The Morgan fingerprint density at radius 2 is 2.36 bits per heavy atom. The molecule has 2 atom stereocenters. The third-order valence-corrected chi connectivity index (χ3v) is 3.82. The third-order valence-electron chi connectivity index (χ3n) is 2.16. The van der Waals surface area contributed by atoms with Crippen LogP contribution in [0.2, 0.25) is 0 Å². The summed E-state index contributed by atoms with van der Waals surface area (Å²) >= 11 is 0. The fourth-order valence-corrected chi connectivity index (χ4v) is 2.77. The van der Waals surface area contributed by atoms with Crippen molar-refractivity contribution in [1.29, 1.82) is 0 Å². The second-order valence-corrected chi connectivity index (χ2v) is 4.76. The first kappa shape index (κ1) is 11.6. The first-order valence-electron chi connectivity index (χ1n) is 4.40. The number of rotatable bonds is 2. The van der Waals surface area contributed by atoms with Gasteiger partial charge >= 0.3 is 0 Å². The molecular formula is C9H13ClN2OS. The van der Waals surface area contributed by atoms with Gasteiger partial charge in [-0.25, -0.2) is 4.98 Å². The maximum Gasteiger partial charge on any atom is 0.127 e. The second kappa shape index (κ2) is 5.44. The summed E-state index contributed by atoms with van der Waals surface area (Å²) in [6.45, 7) is 1.83. The molecule has 0 aliphatic carbocycles. The summed E-state index contributed by atoms with van der Waals surface area (Å²) in [5, 5.41) is 4.15. The van der Waals surface area contributed by atoms with Crippen molar-refractivity contribution < 1.29 is 4.21 Å². The Bertz CT molecular complexity index is 301. The maximum atomic E-state index is 11.9. The Balaban J connectivity index is 0.000000980. The van der Waals surface area contributed by atoms with Gasteiger partial charge in [-0.15, -0.1) is 12.4 Å². The van der Waals surface area contributed by atoms with Crippen LogP contribution in [0, 0.1) is 0 Å². The van der Waals surface area contributed by atoms with Crippen LogP contribution in [0.1, 0.15) is 6.42 Å². The van der Waals surface area contributed by atoms with Gasteiger partial charge in [0, 0.05) is 12.7 Å². The van der Waals surface area contributed by atoms with E-state index in [1.54, 1.807) is 6.20 Å². The second-order valence-electron chi connectivity index (χ2n) is 3.08. The standard InChI is InChI=1S/C9H12N2OS.ClH/c12-13(8-4-6-10-7-8)9-3-1-2-5-11-9;/h1-3,5,8,10H,4,6-7H2;1H/t8-,13+;/m0./s1. The van der Waals surface area contributed by atoms with E-state index in [0.29, 0.717) is 5.03 Å². The molecule has 3 nitrogen and oxygen atoms in total. The Labute approximate surface area is 92.2 Å². The van der Waals surface area contributed by atoms with Gasteiger partial charge in [0.05, 0.1) is 16.0 Å². The van der Waals surface area contributed by atoms with Crippen LogP contribution in [-0.4, -0.2) is 27.5 Å². The zero-order chi connectivity index (χ0) is 9.10. The summed E-state index contributed by atoms with van der Waals surface area (Å²) in [6, 6.07) is 5.55. The Morgan fingerprint density at radius 3 is 2.93 bits per heavy atom. The van der Waals surface area contributed by atoms with Crippen molar-refractivity contribution in [3.05, 3.63) is 24.4 Å². The van der Waals surface area contributed by atoms with Crippen LogP contribution in [0.5, 0.6) is 0 Å². The van der Waals surface area contributed by atoms with E-state index in [2.05, 4.69) is 10.3 Å². The van der Waals surface area contributed by atoms with E-state index in [1.807, 2.05) is 18.2 Å². The molecule has 14 heavy (non-hydrogen) atoms. The molecule has 1 N–H and O–H groups in total. The van der Waals surface area contributed by atoms with Crippen molar-refractivity contribution in [2.24, 2.45) is 0 Å². The van der Waals surface area contributed by atoms with Crippen LogP contribution >= 0.6 is 12.4 Å². The van der Waals surface area contributed by atoms with Crippen molar-refractivity contribution in [3.8, 4) is 0 Å². The lowest BCUT2D eigenvalue weighted by molar-refractivity contribution is 0.669. The SMILES string of the molecule is Cl.O=[S@@](c1ccccn1)[C@H]1CCNC1. The molecule has 5 heteroatoms. The molecule has 1 aliphatic heterocycles. The minimum absolute atomic E-state index is 0. The molecule has 0 unspecified atom stereocenters. The van der Waals surface area contributed by atoms with Gasteiger partial charge in [0.2, 0.25) is 0 Å². The lowest BCUT2D eigenvalue weighted by Gasteiger charge is -2.06. The van der Waals surface area contributed by atoms with E-state index in [4.69, 9.17) is 0 Å². The van der Waals surface area contributed by atoms with Crippen molar-refractivity contribution in [2.45, 2.75) is 16.7 Å². The van der Waals surface area contributed by atoms with Crippen molar-refractivity contribution >= 4 is 23.2 Å². The lowest BCUT2D eigenvalue weighted by Crippen LogP contribution is -2.19. The number of pyridine rings is 1. The topological polar surface area (TPSA) is 42.0 Å². The number of hydrogen-bond donors (Lipinski definition) is 1. The van der Waals surface area contributed by atoms with Gasteiger partial charge in [0.15, 0.2) is 0 Å². The molecule has 1 fully saturated rings. The highest BCUT2D eigenvalue weighted by atomic mass is 35.5. The number of nitrogens with one attached hydrogen (secondary N) is 1. The highest BCUT2D eigenvalue weighted by molar-refractivity contribution is 7.85. The van der Waals surface area contributed by atoms with Crippen molar-refractivity contribution in [3.63, 3.8) is 0 Å². The zero-order valence-corrected chi connectivity index (χ0v) is 9.31. The molecule has 1 aromatic heterocycles. The van der Waals surface area contributed by atoms with Gasteiger partial charge in [-0.1, -0.05) is 6.07 Å². The molecule has 1 saturated heterocycles. The van der Waals surface area contributed by atoms with E-state index in [-0.39, 0.29) is 17.7 Å². The summed E-state index contributed by atoms with van der Waals surface area (Å²) in [6.07, 6.45) is 2.68. The zero-order valence-electron chi connectivity index (χ0n) is 7.68. The monoisotopic (exact) mass is 232 g/mol. The lowest BCUT2D eigenvalue weighted by atomic mass is 10.4. The summed E-state index contributed by atoms with van der Waals surface area (Å²) in [5.74, 6) is 0. The van der Waals surface area contributed by atoms with Gasteiger partial charge in [-0.3, -0.25) is 4.21 Å². The summed E-state index contributed by atoms with van der Waals surface area (Å²) in [5.41, 5.74) is 0. The van der Waals surface area contributed by atoms with E-state index in [1.165, 1.54) is 0 Å². The maximum absolute atomic E-state index is 11.9. The van der Waals surface area contributed by atoms with Crippen LogP contribution in [0.4, 0.5) is 0 Å². The fourth-order valence-electron chi connectivity index (χ4n) is 1.45. The van der Waals surface area contributed by atoms with Gasteiger partial charge in [0.25, 0.3) is 0 Å². The minimum Gasteiger partial charge on any atom is -0.315 e. The number of aromatic nitrogens is 1. The number of hydrogen-bond acceptors (Lipinski definition) is 3. The Hall–Kier alpha value is -0.450. The van der Waals surface area contributed by atoms with E-state index in [0.717, 1.165) is 19.5 Å². The Morgan fingerprint density at radius 1 is 1.50 bits per heavy atom. The highest BCUT2D eigenvalue weighted by Gasteiger charge is 2.22. The van der Waals surface area contributed by atoms with Gasteiger partial charge in [-0.05, 0) is 25.1 Å². The summed E-state index contributed by atoms with van der Waals surface area (Å²) < 4.78 is 11.9. The van der Waals surface area contributed by atoms with E-state index in [9.17, 15) is 4.21 Å². The average Bonchev–Trinajstić information content (AvgIpc) is 2.71.